The normalized spacial score (nSPS) is 12.8. The number of likely N-dealkylation sites (N-methyl/N-ethyl adjacent to an activating group) is 2. The zero-order chi connectivity index (χ0) is 21.5. The first-order valence-electron chi connectivity index (χ1n) is 10.6. The van der Waals surface area contributed by atoms with E-state index in [0.717, 1.165) is 51.4 Å². The highest BCUT2D eigenvalue weighted by Crippen LogP contribution is 2.09. The van der Waals surface area contributed by atoms with Crippen LogP contribution in [0.25, 0.3) is 0 Å². The van der Waals surface area contributed by atoms with Crippen molar-refractivity contribution >= 4 is 18.0 Å². The molecule has 2 unspecified atom stereocenters. The van der Waals surface area contributed by atoms with Crippen LogP contribution in [-0.4, -0.2) is 67.2 Å². The van der Waals surface area contributed by atoms with Gasteiger partial charge in [-0.3, -0.25) is 9.69 Å². The van der Waals surface area contributed by atoms with E-state index < -0.39 is 24.1 Å². The molecule has 0 heterocycles. The summed E-state index contributed by atoms with van der Waals surface area (Å²) in [7, 11) is 3.08. The minimum Gasteiger partial charge on any atom is -0.464 e. The van der Waals surface area contributed by atoms with Crippen molar-refractivity contribution in [1.82, 2.24) is 9.80 Å². The number of ether oxygens (including phenoxy) is 2. The van der Waals surface area contributed by atoms with Crippen LogP contribution in [0.3, 0.4) is 0 Å². The second kappa shape index (κ2) is 15.2. The SMILES string of the molecule is CCCCCCOC(=O)C(C)N(C)C(=O)C(C)N(C)C(=O)OCCCCCC. The number of carbonyl (C=O) groups excluding carboxylic acids is 3. The molecular formula is C21H40N2O5. The predicted octanol–water partition coefficient (Wildman–Crippen LogP) is 3.99. The van der Waals surface area contributed by atoms with Crippen LogP contribution in [0.2, 0.25) is 0 Å². The summed E-state index contributed by atoms with van der Waals surface area (Å²) in [6.07, 6.45) is 7.61. The Hall–Kier alpha value is -1.79. The number of nitrogens with zero attached hydrogens (tertiary/aromatic N) is 2. The third kappa shape index (κ3) is 9.95. The first-order valence-corrected chi connectivity index (χ1v) is 10.6. The molecule has 2 atom stereocenters. The predicted molar refractivity (Wildman–Crippen MR) is 110 cm³/mol. The van der Waals surface area contributed by atoms with E-state index in [1.165, 1.54) is 16.8 Å². The molecule has 28 heavy (non-hydrogen) atoms. The second-order valence-electron chi connectivity index (χ2n) is 7.32. The maximum absolute atomic E-state index is 12.6. The standard InChI is InChI=1S/C21H40N2O5/c1-7-9-11-13-15-27-20(25)18(4)22(5)19(24)17(3)23(6)21(26)28-16-14-12-10-8-2/h17-18H,7-16H2,1-6H3. The molecule has 0 saturated carbocycles. The van der Waals surface area contributed by atoms with Crippen LogP contribution in [0.4, 0.5) is 4.79 Å². The minimum absolute atomic E-state index is 0.333. The van der Waals surface area contributed by atoms with Crippen molar-refractivity contribution in [1.29, 1.82) is 0 Å². The zero-order valence-electron chi connectivity index (χ0n) is 18.7. The summed E-state index contributed by atoms with van der Waals surface area (Å²) in [5.41, 5.74) is 0. The number of unbranched alkanes of at least 4 members (excludes halogenated alkanes) is 6. The number of carbonyl (C=O) groups is 3. The summed E-state index contributed by atoms with van der Waals surface area (Å²) < 4.78 is 10.5. The molecule has 0 aliphatic rings. The fraction of sp³-hybridized carbons (Fsp3) is 0.857. The highest BCUT2D eigenvalue weighted by Gasteiger charge is 2.31. The van der Waals surface area contributed by atoms with Gasteiger partial charge in [-0.1, -0.05) is 52.4 Å². The van der Waals surface area contributed by atoms with Crippen LogP contribution in [0.1, 0.15) is 79.1 Å². The van der Waals surface area contributed by atoms with Crippen molar-refractivity contribution in [2.75, 3.05) is 27.3 Å². The Balaban J connectivity index is 4.41. The third-order valence-electron chi connectivity index (χ3n) is 4.96. The number of esters is 1. The molecule has 0 spiro atoms. The molecule has 0 aromatic rings. The Morgan fingerprint density at radius 2 is 1.21 bits per heavy atom. The molecule has 0 aromatic carbocycles. The van der Waals surface area contributed by atoms with Crippen molar-refractivity contribution in [3.8, 4) is 0 Å². The summed E-state index contributed by atoms with van der Waals surface area (Å²) in [6.45, 7) is 8.21. The topological polar surface area (TPSA) is 76.2 Å². The van der Waals surface area contributed by atoms with Gasteiger partial charge in [-0.25, -0.2) is 9.59 Å². The Morgan fingerprint density at radius 1 is 0.714 bits per heavy atom. The molecule has 0 fully saturated rings. The molecule has 0 aliphatic heterocycles. The quantitative estimate of drug-likeness (QED) is 0.325. The average molecular weight is 401 g/mol. The van der Waals surface area contributed by atoms with Gasteiger partial charge in [0.15, 0.2) is 0 Å². The first-order chi connectivity index (χ1) is 13.3. The van der Waals surface area contributed by atoms with Gasteiger partial charge in [0.05, 0.1) is 13.2 Å². The van der Waals surface area contributed by atoms with Crippen molar-refractivity contribution in [3.05, 3.63) is 0 Å². The van der Waals surface area contributed by atoms with Crippen LogP contribution in [0.5, 0.6) is 0 Å². The van der Waals surface area contributed by atoms with E-state index in [-0.39, 0.29) is 5.91 Å². The molecule has 0 aromatic heterocycles. The summed E-state index contributed by atoms with van der Waals surface area (Å²) in [5.74, 6) is -0.762. The number of amides is 2. The third-order valence-corrected chi connectivity index (χ3v) is 4.96. The van der Waals surface area contributed by atoms with Gasteiger partial charge in [0, 0.05) is 14.1 Å². The molecular weight excluding hydrogens is 360 g/mol. The zero-order valence-corrected chi connectivity index (χ0v) is 18.7. The van der Waals surface area contributed by atoms with Crippen molar-refractivity contribution in [3.63, 3.8) is 0 Å². The molecule has 0 saturated heterocycles. The maximum Gasteiger partial charge on any atom is 0.410 e. The summed E-state index contributed by atoms with van der Waals surface area (Å²) in [5, 5.41) is 0. The molecule has 0 radical (unpaired) electrons. The largest absolute Gasteiger partial charge is 0.464 e. The Morgan fingerprint density at radius 3 is 1.71 bits per heavy atom. The lowest BCUT2D eigenvalue weighted by Crippen LogP contribution is -2.51. The van der Waals surface area contributed by atoms with Gasteiger partial charge in [0.1, 0.15) is 12.1 Å². The first kappa shape index (κ1) is 26.2. The molecule has 0 rings (SSSR count). The van der Waals surface area contributed by atoms with Gasteiger partial charge in [0.25, 0.3) is 0 Å². The van der Waals surface area contributed by atoms with Gasteiger partial charge in [-0.2, -0.15) is 0 Å². The van der Waals surface area contributed by atoms with Crippen LogP contribution in [0, 0.1) is 0 Å². The number of rotatable bonds is 14. The van der Waals surface area contributed by atoms with Gasteiger partial charge < -0.3 is 14.4 Å². The van der Waals surface area contributed by atoms with Crippen LogP contribution < -0.4 is 0 Å². The minimum atomic E-state index is -0.729. The van der Waals surface area contributed by atoms with Crippen LogP contribution >= 0.6 is 0 Å². The van der Waals surface area contributed by atoms with Gasteiger partial charge in [-0.05, 0) is 26.7 Å². The van der Waals surface area contributed by atoms with E-state index in [0.29, 0.717) is 13.2 Å². The molecule has 2 amide bonds. The maximum atomic E-state index is 12.6. The number of hydrogen-bond donors (Lipinski definition) is 0. The van der Waals surface area contributed by atoms with Gasteiger partial charge >= 0.3 is 12.1 Å². The molecule has 0 aliphatic carbocycles. The Bertz CT molecular complexity index is 430. The van der Waals surface area contributed by atoms with E-state index in [2.05, 4.69) is 13.8 Å². The molecule has 0 bridgehead atoms. The molecule has 7 nitrogen and oxygen atoms in total. The lowest BCUT2D eigenvalue weighted by molar-refractivity contribution is -0.154. The summed E-state index contributed by atoms with van der Waals surface area (Å²) in [6, 6.07) is -1.44. The van der Waals surface area contributed by atoms with Crippen molar-refractivity contribution in [2.45, 2.75) is 91.1 Å². The Kier molecular flexibility index (Phi) is 14.2. The fourth-order valence-corrected chi connectivity index (χ4v) is 2.58. The van der Waals surface area contributed by atoms with Crippen molar-refractivity contribution < 1.29 is 23.9 Å². The monoisotopic (exact) mass is 400 g/mol. The highest BCUT2D eigenvalue weighted by atomic mass is 16.6. The summed E-state index contributed by atoms with van der Waals surface area (Å²) in [4.78, 5) is 39.5. The summed E-state index contributed by atoms with van der Waals surface area (Å²) >= 11 is 0. The van der Waals surface area contributed by atoms with E-state index in [1.807, 2.05) is 0 Å². The van der Waals surface area contributed by atoms with Crippen molar-refractivity contribution in [2.24, 2.45) is 0 Å². The average Bonchev–Trinajstić information content (AvgIpc) is 2.70. The van der Waals surface area contributed by atoms with E-state index in [9.17, 15) is 14.4 Å². The van der Waals surface area contributed by atoms with E-state index >= 15 is 0 Å². The molecule has 7 heteroatoms. The highest BCUT2D eigenvalue weighted by molar-refractivity contribution is 5.89. The van der Waals surface area contributed by atoms with Gasteiger partial charge in [0.2, 0.25) is 5.91 Å². The molecule has 0 N–H and O–H groups in total. The fourth-order valence-electron chi connectivity index (χ4n) is 2.58. The van der Waals surface area contributed by atoms with E-state index in [4.69, 9.17) is 9.47 Å². The van der Waals surface area contributed by atoms with Crippen LogP contribution in [-0.2, 0) is 19.1 Å². The van der Waals surface area contributed by atoms with Crippen LogP contribution in [0.15, 0.2) is 0 Å². The lowest BCUT2D eigenvalue weighted by atomic mass is 10.2. The van der Waals surface area contributed by atoms with E-state index in [1.54, 1.807) is 20.9 Å². The smallest absolute Gasteiger partial charge is 0.410 e. The lowest BCUT2D eigenvalue weighted by Gasteiger charge is -2.30. The second-order valence-corrected chi connectivity index (χ2v) is 7.32. The molecule has 164 valence electrons. The Labute approximate surface area is 170 Å². The number of hydrogen-bond acceptors (Lipinski definition) is 5. The van der Waals surface area contributed by atoms with Gasteiger partial charge in [-0.15, -0.1) is 0 Å².